The van der Waals surface area contributed by atoms with Crippen molar-refractivity contribution in [3.63, 3.8) is 0 Å². The fourth-order valence-corrected chi connectivity index (χ4v) is 2.96. The number of nitrogens with two attached hydrogens (primary N) is 5. The van der Waals surface area contributed by atoms with Gasteiger partial charge in [0.15, 0.2) is 11.9 Å². The zero-order valence-corrected chi connectivity index (χ0v) is 20.3. The standard InChI is InChI=1S/C20H40N10O5/c1-11(2)9-12(21)16(32)30-13(5-3-7-26-19(22)23)17(33)28-10-15(31)29-14(18(34)35)6-4-8-27-20(24)25/h11-14H,3-10,21H2,1-2H3,(H,28,33)(H,29,31)(H,30,32)(H,34,35)(H4,22,23,26)(H4,24,25,27). The number of carbonyl (C=O) groups excluding carboxylic acids is 3. The zero-order chi connectivity index (χ0) is 27.0. The minimum absolute atomic E-state index is 0.0863. The highest BCUT2D eigenvalue weighted by atomic mass is 16.4. The molecule has 200 valence electrons. The Balaban J connectivity index is 4.95. The molecule has 0 bridgehead atoms. The Morgan fingerprint density at radius 2 is 1.34 bits per heavy atom. The van der Waals surface area contributed by atoms with Crippen LogP contribution in [-0.4, -0.2) is 78.5 Å². The van der Waals surface area contributed by atoms with Crippen molar-refractivity contribution in [2.75, 3.05) is 19.6 Å². The first kappa shape index (κ1) is 31.4. The molecule has 0 heterocycles. The average Bonchev–Trinajstić information content (AvgIpc) is 2.74. The first-order valence-corrected chi connectivity index (χ1v) is 11.3. The molecule has 0 rings (SSSR count). The molecular formula is C20H40N10O5. The molecule has 0 aromatic heterocycles. The van der Waals surface area contributed by atoms with Gasteiger partial charge in [0.1, 0.15) is 12.1 Å². The summed E-state index contributed by atoms with van der Waals surface area (Å²) in [5, 5.41) is 16.6. The average molecular weight is 501 g/mol. The van der Waals surface area contributed by atoms with Crippen LogP contribution < -0.4 is 44.6 Å². The van der Waals surface area contributed by atoms with E-state index >= 15 is 0 Å². The van der Waals surface area contributed by atoms with Gasteiger partial charge in [-0.2, -0.15) is 0 Å². The largest absolute Gasteiger partial charge is 0.480 e. The van der Waals surface area contributed by atoms with Crippen molar-refractivity contribution in [3.8, 4) is 0 Å². The topological polar surface area (TPSA) is 279 Å². The Bertz CT molecular complexity index is 763. The van der Waals surface area contributed by atoms with Gasteiger partial charge in [-0.3, -0.25) is 24.4 Å². The van der Waals surface area contributed by atoms with Crippen molar-refractivity contribution in [2.24, 2.45) is 44.6 Å². The molecule has 0 aromatic carbocycles. The third-order valence-electron chi connectivity index (χ3n) is 4.64. The summed E-state index contributed by atoms with van der Waals surface area (Å²) in [5.41, 5.74) is 26.9. The van der Waals surface area contributed by atoms with Gasteiger partial charge in [-0.05, 0) is 38.0 Å². The number of aliphatic imine (C=N–C) groups is 2. The maximum absolute atomic E-state index is 12.7. The molecule has 3 atom stereocenters. The van der Waals surface area contributed by atoms with E-state index in [1.54, 1.807) is 0 Å². The second kappa shape index (κ2) is 16.9. The second-order valence-corrected chi connectivity index (χ2v) is 8.37. The van der Waals surface area contributed by atoms with Gasteiger partial charge >= 0.3 is 5.97 Å². The van der Waals surface area contributed by atoms with Gasteiger partial charge in [0.05, 0.1) is 12.6 Å². The van der Waals surface area contributed by atoms with Crippen molar-refractivity contribution < 1.29 is 24.3 Å². The Morgan fingerprint density at radius 3 is 1.80 bits per heavy atom. The van der Waals surface area contributed by atoms with Gasteiger partial charge in [-0.15, -0.1) is 0 Å². The van der Waals surface area contributed by atoms with Gasteiger partial charge in [-0.25, -0.2) is 4.79 Å². The summed E-state index contributed by atoms with van der Waals surface area (Å²) in [7, 11) is 0. The van der Waals surface area contributed by atoms with Gasteiger partial charge in [0, 0.05) is 13.1 Å². The summed E-state index contributed by atoms with van der Waals surface area (Å²) >= 11 is 0. The molecule has 0 aliphatic carbocycles. The Morgan fingerprint density at radius 1 is 0.829 bits per heavy atom. The Hall–Kier alpha value is -3.62. The smallest absolute Gasteiger partial charge is 0.326 e. The lowest BCUT2D eigenvalue weighted by Gasteiger charge is -2.21. The monoisotopic (exact) mass is 500 g/mol. The fourth-order valence-electron chi connectivity index (χ4n) is 2.96. The number of nitrogens with zero attached hydrogens (tertiary/aromatic N) is 2. The summed E-state index contributed by atoms with van der Waals surface area (Å²) in [6.45, 7) is 3.78. The van der Waals surface area contributed by atoms with Crippen LogP contribution in [0.2, 0.25) is 0 Å². The van der Waals surface area contributed by atoms with Crippen LogP contribution in [0.1, 0.15) is 46.0 Å². The summed E-state index contributed by atoms with van der Waals surface area (Å²) in [6.07, 6.45) is 1.40. The van der Waals surface area contributed by atoms with E-state index in [0.717, 1.165) is 0 Å². The number of hydrogen-bond acceptors (Lipinski definition) is 7. The number of carboxylic acid groups (broad SMARTS) is 1. The minimum atomic E-state index is -1.24. The number of nitrogens with one attached hydrogen (secondary N) is 3. The van der Waals surface area contributed by atoms with E-state index in [-0.39, 0.29) is 43.8 Å². The SMILES string of the molecule is CC(C)CC(N)C(=O)NC(CCCN=C(N)N)C(=O)NCC(=O)NC(CCCN=C(N)N)C(=O)O. The van der Waals surface area contributed by atoms with Crippen molar-refractivity contribution in [1.29, 1.82) is 0 Å². The molecule has 0 radical (unpaired) electrons. The lowest BCUT2D eigenvalue weighted by molar-refractivity contribution is -0.142. The number of hydrogen-bond donors (Lipinski definition) is 9. The molecule has 35 heavy (non-hydrogen) atoms. The molecule has 0 aliphatic heterocycles. The molecule has 0 aromatic rings. The number of carboxylic acids is 1. The van der Waals surface area contributed by atoms with Gasteiger partial charge < -0.3 is 49.7 Å². The van der Waals surface area contributed by atoms with Crippen molar-refractivity contribution >= 4 is 35.6 Å². The van der Waals surface area contributed by atoms with Crippen molar-refractivity contribution in [2.45, 2.75) is 64.1 Å². The number of rotatable bonds is 17. The maximum Gasteiger partial charge on any atom is 0.326 e. The highest BCUT2D eigenvalue weighted by Crippen LogP contribution is 2.05. The quantitative estimate of drug-likeness (QED) is 0.0543. The number of guanidine groups is 2. The number of aliphatic carboxylic acids is 1. The van der Waals surface area contributed by atoms with E-state index in [0.29, 0.717) is 19.3 Å². The van der Waals surface area contributed by atoms with Crippen molar-refractivity contribution in [1.82, 2.24) is 16.0 Å². The molecule has 0 aliphatic rings. The highest BCUT2D eigenvalue weighted by molar-refractivity contribution is 5.92. The summed E-state index contributed by atoms with van der Waals surface area (Å²) in [4.78, 5) is 56.2. The zero-order valence-electron chi connectivity index (χ0n) is 20.3. The van der Waals surface area contributed by atoms with Gasteiger partial charge in [0.25, 0.3) is 0 Å². The molecule has 0 fully saturated rings. The molecule has 15 heteroatoms. The minimum Gasteiger partial charge on any atom is -0.480 e. The molecule has 3 unspecified atom stereocenters. The first-order chi connectivity index (χ1) is 16.3. The van der Waals surface area contributed by atoms with E-state index in [1.807, 2.05) is 13.8 Å². The van der Waals surface area contributed by atoms with Crippen LogP contribution in [-0.2, 0) is 19.2 Å². The van der Waals surface area contributed by atoms with E-state index in [9.17, 15) is 24.3 Å². The van der Waals surface area contributed by atoms with Crippen LogP contribution in [0.25, 0.3) is 0 Å². The molecule has 15 nitrogen and oxygen atoms in total. The number of amides is 3. The molecule has 3 amide bonds. The molecule has 14 N–H and O–H groups in total. The summed E-state index contributed by atoms with van der Waals surface area (Å²) in [6, 6.07) is -2.98. The maximum atomic E-state index is 12.7. The molecule has 0 saturated heterocycles. The fraction of sp³-hybridized carbons (Fsp3) is 0.700. The predicted octanol–water partition coefficient (Wildman–Crippen LogP) is -3.36. The van der Waals surface area contributed by atoms with E-state index in [2.05, 4.69) is 25.9 Å². The Labute approximate surface area is 204 Å². The second-order valence-electron chi connectivity index (χ2n) is 8.37. The summed E-state index contributed by atoms with van der Waals surface area (Å²) < 4.78 is 0. The predicted molar refractivity (Wildman–Crippen MR) is 132 cm³/mol. The highest BCUT2D eigenvalue weighted by Gasteiger charge is 2.25. The molecule has 0 saturated carbocycles. The third-order valence-corrected chi connectivity index (χ3v) is 4.64. The van der Waals surface area contributed by atoms with Gasteiger partial charge in [-0.1, -0.05) is 13.8 Å². The van der Waals surface area contributed by atoms with Crippen LogP contribution >= 0.6 is 0 Å². The summed E-state index contributed by atoms with van der Waals surface area (Å²) in [5.74, 6) is -3.12. The van der Waals surface area contributed by atoms with Crippen LogP contribution in [0.15, 0.2) is 9.98 Å². The Kier molecular flexibility index (Phi) is 15.2. The van der Waals surface area contributed by atoms with E-state index < -0.39 is 48.4 Å². The normalized spacial score (nSPS) is 13.1. The third kappa shape index (κ3) is 15.8. The molecule has 0 spiro atoms. The van der Waals surface area contributed by atoms with E-state index in [4.69, 9.17) is 28.7 Å². The van der Waals surface area contributed by atoms with Crippen LogP contribution in [0.3, 0.4) is 0 Å². The number of carbonyl (C=O) groups is 4. The van der Waals surface area contributed by atoms with Gasteiger partial charge in [0.2, 0.25) is 17.7 Å². The van der Waals surface area contributed by atoms with Crippen molar-refractivity contribution in [3.05, 3.63) is 0 Å². The van der Waals surface area contributed by atoms with Crippen LogP contribution in [0.5, 0.6) is 0 Å². The lowest BCUT2D eigenvalue weighted by Crippen LogP contribution is -2.53. The lowest BCUT2D eigenvalue weighted by atomic mass is 10.0. The molecular weight excluding hydrogens is 460 g/mol. The van der Waals surface area contributed by atoms with Crippen LogP contribution in [0, 0.1) is 5.92 Å². The first-order valence-electron chi connectivity index (χ1n) is 11.3. The van der Waals surface area contributed by atoms with E-state index in [1.165, 1.54) is 0 Å². The van der Waals surface area contributed by atoms with Crippen LogP contribution in [0.4, 0.5) is 0 Å².